The van der Waals surface area contributed by atoms with E-state index in [0.29, 0.717) is 0 Å². The van der Waals surface area contributed by atoms with Crippen molar-refractivity contribution in [1.82, 2.24) is 9.55 Å². The Kier molecular flexibility index (Phi) is 2.92. The molecule has 3 atom stereocenters. The molecule has 1 saturated heterocycles. The van der Waals surface area contributed by atoms with Crippen molar-refractivity contribution in [2.24, 2.45) is 5.73 Å². The summed E-state index contributed by atoms with van der Waals surface area (Å²) in [4.78, 5) is 26.3. The molecule has 1 fully saturated rings. The molecule has 2 rings (SSSR count). The highest BCUT2D eigenvalue weighted by Gasteiger charge is 2.36. The van der Waals surface area contributed by atoms with E-state index >= 15 is 0 Å². The van der Waals surface area contributed by atoms with Crippen LogP contribution in [0.15, 0.2) is 17.2 Å². The molecule has 2 heterocycles. The highest BCUT2D eigenvalue weighted by molar-refractivity contribution is 5.90. The fourth-order valence-corrected chi connectivity index (χ4v) is 1.62. The van der Waals surface area contributed by atoms with Crippen molar-refractivity contribution in [2.45, 2.75) is 18.4 Å². The second kappa shape index (κ2) is 4.24. The maximum absolute atomic E-state index is 11.8. The number of ether oxygens (including phenoxy) is 1. The molecular formula is C9H11N3O5. The van der Waals surface area contributed by atoms with Gasteiger partial charge in [-0.25, -0.2) is 4.98 Å². The Hall–Kier alpha value is -1.77. The first-order valence-electron chi connectivity index (χ1n) is 4.87. The van der Waals surface area contributed by atoms with Crippen molar-refractivity contribution >= 4 is 5.91 Å². The molecule has 1 aromatic heterocycles. The van der Waals surface area contributed by atoms with Crippen molar-refractivity contribution in [3.05, 3.63) is 28.4 Å². The van der Waals surface area contributed by atoms with Gasteiger partial charge in [0.1, 0.15) is 12.2 Å². The zero-order valence-electron chi connectivity index (χ0n) is 8.68. The quantitative estimate of drug-likeness (QED) is 0.529. The SMILES string of the molecule is NC(=O)c1nccn([C@@H]2OC[C@H](O)[C@H]2O)c1=O. The Morgan fingerprint density at radius 1 is 1.59 bits per heavy atom. The Morgan fingerprint density at radius 2 is 2.29 bits per heavy atom. The van der Waals surface area contributed by atoms with Crippen LogP contribution in [0.2, 0.25) is 0 Å². The smallest absolute Gasteiger partial charge is 0.284 e. The summed E-state index contributed by atoms with van der Waals surface area (Å²) < 4.78 is 6.04. The summed E-state index contributed by atoms with van der Waals surface area (Å²) in [5.41, 5.74) is 3.77. The Balaban J connectivity index is 2.44. The highest BCUT2D eigenvalue weighted by Crippen LogP contribution is 2.22. The topological polar surface area (TPSA) is 128 Å². The van der Waals surface area contributed by atoms with Gasteiger partial charge in [-0.3, -0.25) is 14.2 Å². The van der Waals surface area contributed by atoms with Crippen LogP contribution >= 0.6 is 0 Å². The summed E-state index contributed by atoms with van der Waals surface area (Å²) in [7, 11) is 0. The molecule has 8 heteroatoms. The number of nitrogens with zero attached hydrogens (tertiary/aromatic N) is 2. The van der Waals surface area contributed by atoms with E-state index in [-0.39, 0.29) is 6.61 Å². The maximum Gasteiger partial charge on any atom is 0.284 e. The third-order valence-electron chi connectivity index (χ3n) is 2.50. The van der Waals surface area contributed by atoms with Crippen molar-refractivity contribution in [1.29, 1.82) is 0 Å². The van der Waals surface area contributed by atoms with Crippen LogP contribution in [0, 0.1) is 0 Å². The minimum Gasteiger partial charge on any atom is -0.388 e. The second-order valence-electron chi connectivity index (χ2n) is 3.63. The fourth-order valence-electron chi connectivity index (χ4n) is 1.62. The predicted octanol–water partition coefficient (Wildman–Crippen LogP) is -2.41. The molecule has 0 bridgehead atoms. The van der Waals surface area contributed by atoms with Gasteiger partial charge in [0.2, 0.25) is 0 Å². The number of aliphatic hydroxyl groups excluding tert-OH is 2. The Bertz CT molecular complexity index is 500. The summed E-state index contributed by atoms with van der Waals surface area (Å²) in [6.45, 7) is -0.0908. The maximum atomic E-state index is 11.8. The molecule has 4 N–H and O–H groups in total. The lowest BCUT2D eigenvalue weighted by atomic mass is 10.2. The van der Waals surface area contributed by atoms with Gasteiger partial charge in [-0.2, -0.15) is 0 Å². The van der Waals surface area contributed by atoms with Gasteiger partial charge in [-0.1, -0.05) is 0 Å². The zero-order valence-corrected chi connectivity index (χ0v) is 8.68. The van der Waals surface area contributed by atoms with E-state index in [4.69, 9.17) is 10.5 Å². The van der Waals surface area contributed by atoms with E-state index in [9.17, 15) is 19.8 Å². The number of aromatic nitrogens is 2. The monoisotopic (exact) mass is 241 g/mol. The molecule has 1 aliphatic heterocycles. The predicted molar refractivity (Wildman–Crippen MR) is 54.0 cm³/mol. The Labute approximate surface area is 95.3 Å². The summed E-state index contributed by atoms with van der Waals surface area (Å²) >= 11 is 0. The van der Waals surface area contributed by atoms with Crippen molar-refractivity contribution in [3.63, 3.8) is 0 Å². The van der Waals surface area contributed by atoms with Crippen molar-refractivity contribution < 1.29 is 19.7 Å². The van der Waals surface area contributed by atoms with E-state index < -0.39 is 35.6 Å². The summed E-state index contributed by atoms with van der Waals surface area (Å²) in [5, 5.41) is 18.9. The lowest BCUT2D eigenvalue weighted by Crippen LogP contribution is -2.37. The van der Waals surface area contributed by atoms with Gasteiger partial charge in [0.25, 0.3) is 11.5 Å². The standard InChI is InChI=1S/C9H11N3O5/c10-7(15)5-8(16)12(2-1-11-5)9-6(14)4(13)3-17-9/h1-2,4,6,9,13-14H,3H2,(H2,10,15)/t4-,6+,9+/m0/s1. The first kappa shape index (κ1) is 11.7. The molecule has 0 spiro atoms. The largest absolute Gasteiger partial charge is 0.388 e. The minimum absolute atomic E-state index is 0.0908. The molecule has 92 valence electrons. The van der Waals surface area contributed by atoms with Crippen molar-refractivity contribution in [2.75, 3.05) is 6.61 Å². The third kappa shape index (κ3) is 1.93. The normalized spacial score (nSPS) is 28.2. The first-order valence-corrected chi connectivity index (χ1v) is 4.87. The van der Waals surface area contributed by atoms with E-state index in [1.807, 2.05) is 0 Å². The number of rotatable bonds is 2. The zero-order chi connectivity index (χ0) is 12.6. The van der Waals surface area contributed by atoms with Crippen LogP contribution in [0.4, 0.5) is 0 Å². The fraction of sp³-hybridized carbons (Fsp3) is 0.444. The number of hydrogen-bond donors (Lipinski definition) is 3. The van der Waals surface area contributed by atoms with Crippen LogP contribution in [0.1, 0.15) is 16.7 Å². The molecule has 0 saturated carbocycles. The molecule has 0 radical (unpaired) electrons. The molecule has 1 aromatic rings. The number of hydrogen-bond acceptors (Lipinski definition) is 6. The van der Waals surface area contributed by atoms with Gasteiger partial charge >= 0.3 is 0 Å². The molecule has 17 heavy (non-hydrogen) atoms. The summed E-state index contributed by atoms with van der Waals surface area (Å²) in [6, 6.07) is 0. The highest BCUT2D eigenvalue weighted by atomic mass is 16.5. The number of carbonyl (C=O) groups is 1. The Morgan fingerprint density at radius 3 is 2.82 bits per heavy atom. The van der Waals surface area contributed by atoms with Crippen LogP contribution in [-0.2, 0) is 4.74 Å². The average molecular weight is 241 g/mol. The van der Waals surface area contributed by atoms with E-state index in [1.54, 1.807) is 0 Å². The van der Waals surface area contributed by atoms with E-state index in [2.05, 4.69) is 4.98 Å². The van der Waals surface area contributed by atoms with E-state index in [1.165, 1.54) is 12.4 Å². The number of nitrogens with two attached hydrogens (primary N) is 1. The summed E-state index contributed by atoms with van der Waals surface area (Å²) in [5.74, 6) is -0.961. The number of carbonyl (C=O) groups excluding carboxylic acids is 1. The van der Waals surface area contributed by atoms with Gasteiger partial charge in [-0.05, 0) is 0 Å². The van der Waals surface area contributed by atoms with Gasteiger partial charge in [0.15, 0.2) is 11.9 Å². The molecule has 1 aliphatic rings. The van der Waals surface area contributed by atoms with Crippen LogP contribution < -0.4 is 11.3 Å². The molecule has 0 aromatic carbocycles. The lowest BCUT2D eigenvalue weighted by Gasteiger charge is -2.17. The molecule has 0 aliphatic carbocycles. The van der Waals surface area contributed by atoms with Gasteiger partial charge in [0.05, 0.1) is 6.61 Å². The first-order chi connectivity index (χ1) is 8.02. The summed E-state index contributed by atoms with van der Waals surface area (Å²) in [6.07, 6.45) is -0.908. The number of primary amides is 1. The van der Waals surface area contributed by atoms with Crippen molar-refractivity contribution in [3.8, 4) is 0 Å². The molecule has 8 nitrogen and oxygen atoms in total. The number of aliphatic hydroxyl groups is 2. The molecule has 0 unspecified atom stereocenters. The van der Waals surface area contributed by atoms with Crippen LogP contribution in [0.25, 0.3) is 0 Å². The van der Waals surface area contributed by atoms with Crippen LogP contribution in [0.5, 0.6) is 0 Å². The molecular weight excluding hydrogens is 230 g/mol. The average Bonchev–Trinajstić information content (AvgIpc) is 2.60. The van der Waals surface area contributed by atoms with Gasteiger partial charge in [-0.15, -0.1) is 0 Å². The van der Waals surface area contributed by atoms with Gasteiger partial charge < -0.3 is 20.7 Å². The van der Waals surface area contributed by atoms with Crippen LogP contribution in [0.3, 0.4) is 0 Å². The third-order valence-corrected chi connectivity index (χ3v) is 2.50. The van der Waals surface area contributed by atoms with E-state index in [0.717, 1.165) is 4.57 Å². The number of amides is 1. The van der Waals surface area contributed by atoms with Gasteiger partial charge in [0, 0.05) is 12.4 Å². The van der Waals surface area contributed by atoms with Crippen LogP contribution in [-0.4, -0.2) is 44.5 Å². The lowest BCUT2D eigenvalue weighted by molar-refractivity contribution is -0.0206. The minimum atomic E-state index is -1.24. The second-order valence-corrected chi connectivity index (χ2v) is 3.63. The molecule has 1 amide bonds.